The number of hydrogen-bond donors (Lipinski definition) is 1. The summed E-state index contributed by atoms with van der Waals surface area (Å²) in [7, 11) is 1.61. The van der Waals surface area contributed by atoms with Crippen molar-refractivity contribution in [3.05, 3.63) is 59.9 Å². The van der Waals surface area contributed by atoms with Crippen molar-refractivity contribution in [3.63, 3.8) is 0 Å². The highest BCUT2D eigenvalue weighted by atomic mass is 19.1. The van der Waals surface area contributed by atoms with Gasteiger partial charge in [0.05, 0.1) is 7.11 Å². The Morgan fingerprint density at radius 2 is 1.70 bits per heavy atom. The second-order valence-electron chi connectivity index (χ2n) is 4.27. The van der Waals surface area contributed by atoms with Gasteiger partial charge in [-0.15, -0.1) is 0 Å². The first-order valence-electron chi connectivity index (χ1n) is 6.51. The molecule has 0 aliphatic heterocycles. The molecule has 0 aliphatic rings. The fourth-order valence-corrected chi connectivity index (χ4v) is 1.84. The first-order chi connectivity index (χ1) is 9.81. The molecule has 0 aliphatic carbocycles. The smallest absolute Gasteiger partial charge is 0.161 e. The maximum absolute atomic E-state index is 13.4. The van der Waals surface area contributed by atoms with E-state index in [0.29, 0.717) is 36.8 Å². The minimum absolute atomic E-state index is 0.189. The molecule has 20 heavy (non-hydrogen) atoms. The maximum atomic E-state index is 13.4. The fourth-order valence-electron chi connectivity index (χ4n) is 1.84. The summed E-state index contributed by atoms with van der Waals surface area (Å²) < 4.78 is 24.2. The van der Waals surface area contributed by atoms with Crippen LogP contribution >= 0.6 is 0 Å². The third-order valence-electron chi connectivity index (χ3n) is 2.88. The van der Waals surface area contributed by atoms with E-state index in [-0.39, 0.29) is 5.82 Å². The van der Waals surface area contributed by atoms with Crippen molar-refractivity contribution in [3.8, 4) is 11.5 Å². The van der Waals surface area contributed by atoms with E-state index >= 15 is 0 Å². The summed E-state index contributed by atoms with van der Waals surface area (Å²) in [6.07, 6.45) is 0. The summed E-state index contributed by atoms with van der Waals surface area (Å²) in [5, 5.41) is 3.14. The highest BCUT2D eigenvalue weighted by molar-refractivity contribution is 5.39. The molecule has 0 saturated heterocycles. The number of rotatable bonds is 7. The Bertz CT molecular complexity index is 546. The van der Waals surface area contributed by atoms with Gasteiger partial charge in [-0.1, -0.05) is 30.3 Å². The normalized spacial score (nSPS) is 10.3. The van der Waals surface area contributed by atoms with Gasteiger partial charge in [0, 0.05) is 18.7 Å². The average Bonchev–Trinajstić information content (AvgIpc) is 2.49. The molecular weight excluding hydrogens is 257 g/mol. The molecule has 0 heterocycles. The summed E-state index contributed by atoms with van der Waals surface area (Å²) in [5.41, 5.74) is 0.657. The van der Waals surface area contributed by atoms with E-state index in [4.69, 9.17) is 9.47 Å². The molecule has 106 valence electrons. The van der Waals surface area contributed by atoms with Gasteiger partial charge < -0.3 is 14.8 Å². The Labute approximate surface area is 118 Å². The van der Waals surface area contributed by atoms with E-state index in [0.717, 1.165) is 0 Å². The van der Waals surface area contributed by atoms with Crippen LogP contribution < -0.4 is 14.8 Å². The van der Waals surface area contributed by atoms with Crippen LogP contribution in [0.15, 0.2) is 48.5 Å². The van der Waals surface area contributed by atoms with Crippen molar-refractivity contribution in [2.45, 2.75) is 6.54 Å². The van der Waals surface area contributed by atoms with Gasteiger partial charge in [0.15, 0.2) is 11.5 Å². The SMILES string of the molecule is COc1ccccc1OCCNCc1ccccc1F. The van der Waals surface area contributed by atoms with E-state index in [2.05, 4.69) is 5.32 Å². The zero-order chi connectivity index (χ0) is 14.2. The lowest BCUT2D eigenvalue weighted by molar-refractivity contribution is 0.292. The van der Waals surface area contributed by atoms with Crippen molar-refractivity contribution in [1.82, 2.24) is 5.32 Å². The molecule has 0 bridgehead atoms. The zero-order valence-electron chi connectivity index (χ0n) is 11.4. The highest BCUT2D eigenvalue weighted by Gasteiger charge is 2.02. The van der Waals surface area contributed by atoms with E-state index in [1.165, 1.54) is 6.07 Å². The molecule has 3 nitrogen and oxygen atoms in total. The van der Waals surface area contributed by atoms with Gasteiger partial charge >= 0.3 is 0 Å². The zero-order valence-corrected chi connectivity index (χ0v) is 11.4. The Balaban J connectivity index is 1.73. The van der Waals surface area contributed by atoms with Crippen LogP contribution in [0, 0.1) is 5.82 Å². The van der Waals surface area contributed by atoms with E-state index in [1.807, 2.05) is 30.3 Å². The number of benzene rings is 2. The predicted octanol–water partition coefficient (Wildman–Crippen LogP) is 3.00. The first kappa shape index (κ1) is 14.3. The van der Waals surface area contributed by atoms with Gasteiger partial charge in [-0.05, 0) is 18.2 Å². The standard InChI is InChI=1S/C16H18FNO2/c1-19-15-8-4-5-9-16(15)20-11-10-18-12-13-6-2-3-7-14(13)17/h2-9,18H,10-12H2,1H3. The number of nitrogens with one attached hydrogen (secondary N) is 1. The molecule has 2 rings (SSSR count). The Hall–Kier alpha value is -2.07. The van der Waals surface area contributed by atoms with Crippen LogP contribution in [0.3, 0.4) is 0 Å². The molecule has 2 aromatic rings. The maximum Gasteiger partial charge on any atom is 0.161 e. The van der Waals surface area contributed by atoms with Crippen molar-refractivity contribution in [2.75, 3.05) is 20.3 Å². The van der Waals surface area contributed by atoms with Crippen molar-refractivity contribution < 1.29 is 13.9 Å². The van der Waals surface area contributed by atoms with Crippen LogP contribution in [0.1, 0.15) is 5.56 Å². The van der Waals surface area contributed by atoms with Gasteiger partial charge in [0.1, 0.15) is 12.4 Å². The summed E-state index contributed by atoms with van der Waals surface area (Å²) in [4.78, 5) is 0. The van der Waals surface area contributed by atoms with Gasteiger partial charge in [-0.2, -0.15) is 0 Å². The fraction of sp³-hybridized carbons (Fsp3) is 0.250. The summed E-state index contributed by atoms with van der Waals surface area (Å²) >= 11 is 0. The van der Waals surface area contributed by atoms with Gasteiger partial charge in [-0.25, -0.2) is 4.39 Å². The first-order valence-corrected chi connectivity index (χ1v) is 6.51. The largest absolute Gasteiger partial charge is 0.493 e. The number of hydrogen-bond acceptors (Lipinski definition) is 3. The molecule has 0 spiro atoms. The highest BCUT2D eigenvalue weighted by Crippen LogP contribution is 2.25. The van der Waals surface area contributed by atoms with Crippen LogP contribution in [0.2, 0.25) is 0 Å². The van der Waals surface area contributed by atoms with Crippen LogP contribution in [-0.4, -0.2) is 20.3 Å². The minimum atomic E-state index is -0.189. The van der Waals surface area contributed by atoms with E-state index < -0.39 is 0 Å². The number of ether oxygens (including phenoxy) is 2. The molecule has 0 radical (unpaired) electrons. The molecule has 0 saturated carbocycles. The van der Waals surface area contributed by atoms with Gasteiger partial charge in [-0.3, -0.25) is 0 Å². The molecule has 0 amide bonds. The minimum Gasteiger partial charge on any atom is -0.493 e. The topological polar surface area (TPSA) is 30.5 Å². The summed E-state index contributed by atoms with van der Waals surface area (Å²) in [6, 6.07) is 14.2. The molecule has 0 fully saturated rings. The van der Waals surface area contributed by atoms with Crippen LogP contribution in [0.5, 0.6) is 11.5 Å². The van der Waals surface area contributed by atoms with Gasteiger partial charge in [0.25, 0.3) is 0 Å². The Morgan fingerprint density at radius 3 is 2.45 bits per heavy atom. The van der Waals surface area contributed by atoms with Crippen LogP contribution in [0.4, 0.5) is 4.39 Å². The molecule has 0 aromatic heterocycles. The summed E-state index contributed by atoms with van der Waals surface area (Å²) in [6.45, 7) is 1.61. The molecule has 2 aromatic carbocycles. The average molecular weight is 275 g/mol. The molecule has 1 N–H and O–H groups in total. The Morgan fingerprint density at radius 1 is 1.00 bits per heavy atom. The lowest BCUT2D eigenvalue weighted by atomic mass is 10.2. The van der Waals surface area contributed by atoms with Crippen LogP contribution in [0.25, 0.3) is 0 Å². The molecule has 0 atom stereocenters. The predicted molar refractivity (Wildman–Crippen MR) is 76.6 cm³/mol. The van der Waals surface area contributed by atoms with Crippen molar-refractivity contribution in [2.24, 2.45) is 0 Å². The quantitative estimate of drug-likeness (QED) is 0.788. The number of halogens is 1. The Kier molecular flexibility index (Phi) is 5.38. The van der Waals surface area contributed by atoms with Gasteiger partial charge in [0.2, 0.25) is 0 Å². The molecule has 4 heteroatoms. The third kappa shape index (κ3) is 3.96. The third-order valence-corrected chi connectivity index (χ3v) is 2.88. The second-order valence-corrected chi connectivity index (χ2v) is 4.27. The summed E-state index contributed by atoms with van der Waals surface area (Å²) in [5.74, 6) is 1.23. The van der Waals surface area contributed by atoms with E-state index in [1.54, 1.807) is 19.2 Å². The van der Waals surface area contributed by atoms with Crippen molar-refractivity contribution >= 4 is 0 Å². The van der Waals surface area contributed by atoms with Crippen molar-refractivity contribution in [1.29, 1.82) is 0 Å². The number of methoxy groups -OCH3 is 1. The molecule has 0 unspecified atom stereocenters. The van der Waals surface area contributed by atoms with E-state index in [9.17, 15) is 4.39 Å². The molecular formula is C16H18FNO2. The number of para-hydroxylation sites is 2. The monoisotopic (exact) mass is 275 g/mol. The van der Waals surface area contributed by atoms with Crippen LogP contribution in [-0.2, 0) is 6.54 Å². The second kappa shape index (κ2) is 7.50. The lowest BCUT2D eigenvalue weighted by Crippen LogP contribution is -2.21. The lowest BCUT2D eigenvalue weighted by Gasteiger charge is -2.11.